The van der Waals surface area contributed by atoms with Crippen LogP contribution in [0, 0.1) is 0 Å². The van der Waals surface area contributed by atoms with Gasteiger partial charge in [-0.15, -0.1) is 0 Å². The fourth-order valence-corrected chi connectivity index (χ4v) is 5.66. The molecule has 11 heteroatoms. The van der Waals surface area contributed by atoms with Crippen LogP contribution in [0.1, 0.15) is 63.1 Å². The number of rotatable bonds is 8. The number of aromatic nitrogens is 4. The van der Waals surface area contributed by atoms with E-state index in [4.69, 9.17) is 25.8 Å². The zero-order chi connectivity index (χ0) is 26.6. The highest BCUT2D eigenvalue weighted by Crippen LogP contribution is 2.43. The number of hydrogen-bond acceptors (Lipinski definition) is 8. The molecule has 1 unspecified atom stereocenters. The van der Waals surface area contributed by atoms with Gasteiger partial charge in [0.1, 0.15) is 18.8 Å². The predicted molar refractivity (Wildman–Crippen MR) is 146 cm³/mol. The number of tetrazole rings is 1. The van der Waals surface area contributed by atoms with Gasteiger partial charge in [0.05, 0.1) is 16.7 Å². The first kappa shape index (κ1) is 26.5. The largest absolute Gasteiger partial charge is 0.490 e. The van der Waals surface area contributed by atoms with Crippen LogP contribution >= 0.6 is 27.5 Å². The fraction of sp³-hybridized carbons (Fsp3) is 0.407. The minimum Gasteiger partial charge on any atom is -0.490 e. The standard InChI is InChI=1S/C27H29BrClN5O4/c1-3-36-22-14-18(13-20(28)25(22)37-15-17-9-7-8-12-21(17)29)24-23(16(2)30-27-31-32-33-34(24)27)26(35)38-19-10-5-4-6-11-19/h7-9,12-14,19,24H,3-6,10-11,15H2,1-2H3,(H,30,31,33). The summed E-state index contributed by atoms with van der Waals surface area (Å²) in [5.74, 6) is 1.12. The Morgan fingerprint density at radius 3 is 2.74 bits per heavy atom. The van der Waals surface area contributed by atoms with Crippen LogP contribution in [-0.4, -0.2) is 38.9 Å². The van der Waals surface area contributed by atoms with Crippen molar-refractivity contribution >= 4 is 39.4 Å². The van der Waals surface area contributed by atoms with Crippen molar-refractivity contribution in [3.05, 3.63) is 68.3 Å². The number of nitrogens with one attached hydrogen (secondary N) is 1. The molecule has 38 heavy (non-hydrogen) atoms. The van der Waals surface area contributed by atoms with Gasteiger partial charge in [-0.25, -0.2) is 4.79 Å². The van der Waals surface area contributed by atoms with Gasteiger partial charge in [-0.2, -0.15) is 4.68 Å². The minimum absolute atomic E-state index is 0.0845. The van der Waals surface area contributed by atoms with Crippen molar-refractivity contribution in [1.82, 2.24) is 20.2 Å². The van der Waals surface area contributed by atoms with Gasteiger partial charge in [-0.1, -0.05) is 41.3 Å². The number of nitrogens with zero attached hydrogens (tertiary/aromatic N) is 4. The molecule has 0 saturated heterocycles. The van der Waals surface area contributed by atoms with Crippen LogP contribution in [-0.2, 0) is 16.1 Å². The fourth-order valence-electron chi connectivity index (χ4n) is 4.90. The number of ether oxygens (including phenoxy) is 3. The summed E-state index contributed by atoms with van der Waals surface area (Å²) < 4.78 is 20.4. The van der Waals surface area contributed by atoms with E-state index in [0.717, 1.165) is 36.8 Å². The Morgan fingerprint density at radius 2 is 1.97 bits per heavy atom. The lowest BCUT2D eigenvalue weighted by Crippen LogP contribution is -2.32. The smallest absolute Gasteiger partial charge is 0.338 e. The molecule has 200 valence electrons. The van der Waals surface area contributed by atoms with Gasteiger partial charge < -0.3 is 19.5 Å². The Labute approximate surface area is 234 Å². The molecule has 1 atom stereocenters. The summed E-state index contributed by atoms with van der Waals surface area (Å²) in [6, 6.07) is 10.7. The van der Waals surface area contributed by atoms with E-state index in [1.165, 1.54) is 6.42 Å². The zero-order valence-corrected chi connectivity index (χ0v) is 23.6. The van der Waals surface area contributed by atoms with Crippen molar-refractivity contribution in [2.75, 3.05) is 11.9 Å². The van der Waals surface area contributed by atoms with Crippen molar-refractivity contribution < 1.29 is 19.0 Å². The predicted octanol–water partition coefficient (Wildman–Crippen LogP) is 6.23. The number of halogens is 2. The number of hydrogen-bond donors (Lipinski definition) is 1. The van der Waals surface area contributed by atoms with E-state index in [-0.39, 0.29) is 18.7 Å². The Hall–Kier alpha value is -3.11. The molecule has 2 aromatic carbocycles. The van der Waals surface area contributed by atoms with E-state index in [9.17, 15) is 4.79 Å². The number of allylic oxidation sites excluding steroid dienone is 1. The number of carbonyl (C=O) groups is 1. The average molecular weight is 603 g/mol. The van der Waals surface area contributed by atoms with E-state index in [0.29, 0.717) is 44.8 Å². The molecule has 1 fully saturated rings. The molecule has 2 aliphatic rings. The first-order chi connectivity index (χ1) is 18.5. The highest BCUT2D eigenvalue weighted by Gasteiger charge is 2.37. The lowest BCUT2D eigenvalue weighted by Gasteiger charge is -2.30. The second-order valence-electron chi connectivity index (χ2n) is 9.32. The van der Waals surface area contributed by atoms with Crippen molar-refractivity contribution in [2.45, 2.75) is 64.7 Å². The average Bonchev–Trinajstić information content (AvgIpc) is 3.37. The minimum atomic E-state index is -0.620. The number of anilines is 1. The van der Waals surface area contributed by atoms with Crippen molar-refractivity contribution in [1.29, 1.82) is 0 Å². The molecule has 1 aromatic heterocycles. The third-order valence-electron chi connectivity index (χ3n) is 6.74. The van der Waals surface area contributed by atoms with Crippen LogP contribution in [0.25, 0.3) is 0 Å². The highest BCUT2D eigenvalue weighted by molar-refractivity contribution is 9.10. The maximum absolute atomic E-state index is 13.6. The normalized spacial score (nSPS) is 17.5. The summed E-state index contributed by atoms with van der Waals surface area (Å²) in [6.07, 6.45) is 4.98. The van der Waals surface area contributed by atoms with Gasteiger partial charge in [0, 0.05) is 16.3 Å². The first-order valence-electron chi connectivity index (χ1n) is 12.7. The van der Waals surface area contributed by atoms with Gasteiger partial charge in [0.2, 0.25) is 5.95 Å². The van der Waals surface area contributed by atoms with Crippen molar-refractivity contribution in [3.8, 4) is 11.5 Å². The van der Waals surface area contributed by atoms with Crippen LogP contribution in [0.4, 0.5) is 5.95 Å². The van der Waals surface area contributed by atoms with Crippen LogP contribution < -0.4 is 14.8 Å². The molecule has 3 aromatic rings. The number of fused-ring (bicyclic) bond motifs is 1. The molecular weight excluding hydrogens is 574 g/mol. The molecule has 9 nitrogen and oxygen atoms in total. The van der Waals surface area contributed by atoms with Gasteiger partial charge in [0.15, 0.2) is 11.5 Å². The quantitative estimate of drug-likeness (QED) is 0.303. The van der Waals surface area contributed by atoms with Crippen LogP contribution in [0.15, 0.2) is 52.1 Å². The Balaban J connectivity index is 1.50. The summed E-state index contributed by atoms with van der Waals surface area (Å²) in [7, 11) is 0. The van der Waals surface area contributed by atoms with Gasteiger partial charge in [-0.05, 0) is 89.7 Å². The topological polar surface area (TPSA) is 100 Å². The molecule has 1 aliphatic carbocycles. The highest BCUT2D eigenvalue weighted by atomic mass is 79.9. The summed E-state index contributed by atoms with van der Waals surface area (Å²) in [6.45, 7) is 4.42. The van der Waals surface area contributed by atoms with E-state index in [1.54, 1.807) is 4.68 Å². The van der Waals surface area contributed by atoms with Gasteiger partial charge >= 0.3 is 5.97 Å². The third-order valence-corrected chi connectivity index (χ3v) is 7.69. The number of benzene rings is 2. The maximum Gasteiger partial charge on any atom is 0.338 e. The number of esters is 1. The molecule has 0 spiro atoms. The zero-order valence-electron chi connectivity index (χ0n) is 21.2. The second-order valence-corrected chi connectivity index (χ2v) is 10.6. The monoisotopic (exact) mass is 601 g/mol. The van der Waals surface area contributed by atoms with E-state index >= 15 is 0 Å². The second kappa shape index (κ2) is 11.7. The molecule has 1 saturated carbocycles. The molecule has 0 amide bonds. The maximum atomic E-state index is 13.6. The van der Waals surface area contributed by atoms with E-state index < -0.39 is 6.04 Å². The SMILES string of the molecule is CCOc1cc(C2C(C(=O)OC3CCCCC3)=C(C)Nc3nnnn32)cc(Br)c1OCc1ccccc1Cl. The number of carbonyl (C=O) groups excluding carboxylic acids is 1. The van der Waals surface area contributed by atoms with E-state index in [1.807, 2.05) is 50.2 Å². The molecule has 1 aliphatic heterocycles. The molecule has 5 rings (SSSR count). The lowest BCUT2D eigenvalue weighted by atomic mass is 9.94. The van der Waals surface area contributed by atoms with Crippen LogP contribution in [0.5, 0.6) is 11.5 Å². The van der Waals surface area contributed by atoms with E-state index in [2.05, 4.69) is 36.8 Å². The van der Waals surface area contributed by atoms with Crippen LogP contribution in [0.3, 0.4) is 0 Å². The Bertz CT molecular complexity index is 1350. The Morgan fingerprint density at radius 1 is 1.18 bits per heavy atom. The summed E-state index contributed by atoms with van der Waals surface area (Å²) >= 11 is 9.99. The summed E-state index contributed by atoms with van der Waals surface area (Å²) in [5.41, 5.74) is 2.70. The summed E-state index contributed by atoms with van der Waals surface area (Å²) in [5, 5.41) is 15.9. The van der Waals surface area contributed by atoms with Crippen molar-refractivity contribution in [2.24, 2.45) is 0 Å². The molecule has 0 radical (unpaired) electrons. The first-order valence-corrected chi connectivity index (χ1v) is 13.9. The summed E-state index contributed by atoms with van der Waals surface area (Å²) in [4.78, 5) is 13.6. The van der Waals surface area contributed by atoms with Crippen LogP contribution in [0.2, 0.25) is 5.02 Å². The Kier molecular flexibility index (Phi) is 8.18. The lowest BCUT2D eigenvalue weighted by molar-refractivity contribution is -0.146. The molecule has 1 N–H and O–H groups in total. The van der Waals surface area contributed by atoms with Gasteiger partial charge in [0.25, 0.3) is 0 Å². The third kappa shape index (κ3) is 5.51. The molecule has 0 bridgehead atoms. The molecule has 2 heterocycles. The van der Waals surface area contributed by atoms with Crippen molar-refractivity contribution in [3.63, 3.8) is 0 Å². The molecular formula is C27H29BrClN5O4. The van der Waals surface area contributed by atoms with Gasteiger partial charge in [-0.3, -0.25) is 0 Å².